The molecule has 1 aromatic rings. The molecule has 0 atom stereocenters. The summed E-state index contributed by atoms with van der Waals surface area (Å²) in [6, 6.07) is 8.58. The van der Waals surface area contributed by atoms with E-state index >= 15 is 0 Å². The number of nitriles is 1. The molecule has 4 heteroatoms. The summed E-state index contributed by atoms with van der Waals surface area (Å²) in [4.78, 5) is 10.5. The van der Waals surface area contributed by atoms with Gasteiger partial charge in [0.05, 0.1) is 11.6 Å². The van der Waals surface area contributed by atoms with E-state index in [0.717, 1.165) is 0 Å². The van der Waals surface area contributed by atoms with Gasteiger partial charge in [-0.05, 0) is 18.2 Å². The molecule has 0 saturated carbocycles. The standard InChI is InChI=1S/C8H6N2OS/c9-5-6-2-1-3-7(4-6)10-8(11)12/h1-4H,(H2,10,11,12). The Bertz CT molecular complexity index is 343. The van der Waals surface area contributed by atoms with Crippen LogP contribution >= 0.6 is 12.6 Å². The van der Waals surface area contributed by atoms with Crippen molar-refractivity contribution >= 4 is 23.6 Å². The minimum atomic E-state index is -0.440. The van der Waals surface area contributed by atoms with Crippen LogP contribution in [0.4, 0.5) is 10.5 Å². The Kier molecular flexibility index (Phi) is 2.72. The molecule has 3 nitrogen and oxygen atoms in total. The zero-order valence-electron chi connectivity index (χ0n) is 6.11. The monoisotopic (exact) mass is 178 g/mol. The van der Waals surface area contributed by atoms with E-state index in [4.69, 9.17) is 5.26 Å². The number of anilines is 1. The number of carbonyl (C=O) groups is 1. The normalized spacial score (nSPS) is 8.67. The third kappa shape index (κ3) is 2.29. The van der Waals surface area contributed by atoms with Gasteiger partial charge in [0.2, 0.25) is 0 Å². The van der Waals surface area contributed by atoms with Crippen LogP contribution in [0.1, 0.15) is 5.56 Å². The fourth-order valence-corrected chi connectivity index (χ4v) is 0.919. The summed E-state index contributed by atoms with van der Waals surface area (Å²) in [5, 5.41) is 10.5. The molecule has 0 aliphatic rings. The molecule has 1 rings (SSSR count). The number of hydrogen-bond acceptors (Lipinski definition) is 2. The number of thiol groups is 1. The van der Waals surface area contributed by atoms with Gasteiger partial charge in [-0.1, -0.05) is 18.7 Å². The molecule has 0 aromatic heterocycles. The van der Waals surface area contributed by atoms with Crippen LogP contribution in [-0.4, -0.2) is 5.24 Å². The van der Waals surface area contributed by atoms with Gasteiger partial charge in [-0.15, -0.1) is 0 Å². The molecule has 0 aliphatic carbocycles. The first-order valence-electron chi connectivity index (χ1n) is 3.22. The Morgan fingerprint density at radius 1 is 1.58 bits per heavy atom. The van der Waals surface area contributed by atoms with Crippen LogP contribution in [0.15, 0.2) is 24.3 Å². The van der Waals surface area contributed by atoms with Crippen molar-refractivity contribution in [1.29, 1.82) is 5.26 Å². The highest BCUT2D eigenvalue weighted by atomic mass is 32.1. The van der Waals surface area contributed by atoms with Gasteiger partial charge in [-0.2, -0.15) is 5.26 Å². The minimum Gasteiger partial charge on any atom is -0.317 e. The maximum atomic E-state index is 10.5. The van der Waals surface area contributed by atoms with Crippen LogP contribution in [0.3, 0.4) is 0 Å². The van der Waals surface area contributed by atoms with E-state index < -0.39 is 5.24 Å². The largest absolute Gasteiger partial charge is 0.317 e. The SMILES string of the molecule is N#Cc1cccc(NC(=O)S)c1. The molecule has 1 N–H and O–H groups in total. The second-order valence-corrected chi connectivity index (χ2v) is 2.53. The Morgan fingerprint density at radius 3 is 2.92 bits per heavy atom. The number of amides is 1. The van der Waals surface area contributed by atoms with Crippen molar-refractivity contribution in [3.05, 3.63) is 29.8 Å². The highest BCUT2D eigenvalue weighted by Gasteiger charge is 1.96. The van der Waals surface area contributed by atoms with Crippen LogP contribution < -0.4 is 5.32 Å². The molecule has 1 aromatic carbocycles. The first-order valence-corrected chi connectivity index (χ1v) is 3.67. The Morgan fingerprint density at radius 2 is 2.33 bits per heavy atom. The van der Waals surface area contributed by atoms with Crippen LogP contribution in [0, 0.1) is 11.3 Å². The molecule has 0 unspecified atom stereocenters. The number of carbonyl (C=O) groups excluding carboxylic acids is 1. The number of nitrogens with zero attached hydrogens (tertiary/aromatic N) is 1. The third-order valence-corrected chi connectivity index (χ3v) is 1.35. The number of hydrogen-bond donors (Lipinski definition) is 2. The van der Waals surface area contributed by atoms with E-state index in [9.17, 15) is 4.79 Å². The molecule has 1 amide bonds. The van der Waals surface area contributed by atoms with Crippen molar-refractivity contribution in [2.24, 2.45) is 0 Å². The van der Waals surface area contributed by atoms with Crippen molar-refractivity contribution < 1.29 is 4.79 Å². The molecule has 0 fully saturated rings. The van der Waals surface area contributed by atoms with E-state index in [2.05, 4.69) is 17.9 Å². The molecule has 0 bridgehead atoms. The van der Waals surface area contributed by atoms with E-state index in [1.807, 2.05) is 6.07 Å². The quantitative estimate of drug-likeness (QED) is 0.646. The maximum absolute atomic E-state index is 10.5. The predicted molar refractivity (Wildman–Crippen MR) is 49.2 cm³/mol. The lowest BCUT2D eigenvalue weighted by molar-refractivity contribution is 0.270. The van der Waals surface area contributed by atoms with Gasteiger partial charge in [0.25, 0.3) is 5.24 Å². The first kappa shape index (κ1) is 8.62. The highest BCUT2D eigenvalue weighted by Crippen LogP contribution is 2.09. The lowest BCUT2D eigenvalue weighted by Crippen LogP contribution is -2.00. The van der Waals surface area contributed by atoms with Crippen molar-refractivity contribution in [1.82, 2.24) is 0 Å². The van der Waals surface area contributed by atoms with E-state index in [-0.39, 0.29) is 0 Å². The van der Waals surface area contributed by atoms with Gasteiger partial charge >= 0.3 is 0 Å². The van der Waals surface area contributed by atoms with E-state index in [1.54, 1.807) is 24.3 Å². The molecule has 0 heterocycles. The fourth-order valence-electron chi connectivity index (χ4n) is 0.790. The highest BCUT2D eigenvalue weighted by molar-refractivity contribution is 7.96. The topological polar surface area (TPSA) is 52.9 Å². The van der Waals surface area contributed by atoms with Crippen molar-refractivity contribution in [2.45, 2.75) is 0 Å². The summed E-state index contributed by atoms with van der Waals surface area (Å²) in [6.45, 7) is 0. The van der Waals surface area contributed by atoms with Crippen LogP contribution in [0.2, 0.25) is 0 Å². The van der Waals surface area contributed by atoms with Crippen molar-refractivity contribution in [3.8, 4) is 6.07 Å². The molecule has 0 saturated heterocycles. The van der Waals surface area contributed by atoms with Gasteiger partial charge in [0.1, 0.15) is 0 Å². The number of rotatable bonds is 1. The second-order valence-electron chi connectivity index (χ2n) is 2.12. The van der Waals surface area contributed by atoms with Crippen LogP contribution in [0.25, 0.3) is 0 Å². The van der Waals surface area contributed by atoms with Crippen molar-refractivity contribution in [2.75, 3.05) is 5.32 Å². The lowest BCUT2D eigenvalue weighted by atomic mass is 10.2. The summed E-state index contributed by atoms with van der Waals surface area (Å²) < 4.78 is 0. The molecular formula is C8H6N2OS. The van der Waals surface area contributed by atoms with Gasteiger partial charge in [-0.3, -0.25) is 4.79 Å². The Labute approximate surface area is 75.4 Å². The zero-order valence-corrected chi connectivity index (χ0v) is 7.01. The molecule has 60 valence electrons. The summed E-state index contributed by atoms with van der Waals surface area (Å²) in [5.74, 6) is 0. The number of benzene rings is 1. The first-order chi connectivity index (χ1) is 5.72. The lowest BCUT2D eigenvalue weighted by Gasteiger charge is -1.99. The molecule has 0 radical (unpaired) electrons. The molecular weight excluding hydrogens is 172 g/mol. The third-order valence-electron chi connectivity index (χ3n) is 1.24. The smallest absolute Gasteiger partial charge is 0.280 e. The zero-order chi connectivity index (χ0) is 8.97. The average Bonchev–Trinajstić information content (AvgIpc) is 2.03. The Hall–Kier alpha value is -1.47. The van der Waals surface area contributed by atoms with Gasteiger partial charge < -0.3 is 5.32 Å². The number of nitrogens with one attached hydrogen (secondary N) is 1. The van der Waals surface area contributed by atoms with Gasteiger partial charge in [0, 0.05) is 5.69 Å². The van der Waals surface area contributed by atoms with E-state index in [1.165, 1.54) is 0 Å². The van der Waals surface area contributed by atoms with Crippen molar-refractivity contribution in [3.63, 3.8) is 0 Å². The van der Waals surface area contributed by atoms with Crippen LogP contribution in [-0.2, 0) is 0 Å². The van der Waals surface area contributed by atoms with Gasteiger partial charge in [-0.25, -0.2) is 0 Å². The summed E-state index contributed by atoms with van der Waals surface area (Å²) >= 11 is 3.54. The molecule has 0 spiro atoms. The average molecular weight is 178 g/mol. The Balaban J connectivity index is 2.88. The van der Waals surface area contributed by atoms with Crippen LogP contribution in [0.5, 0.6) is 0 Å². The summed E-state index contributed by atoms with van der Waals surface area (Å²) in [6.07, 6.45) is 0. The maximum Gasteiger partial charge on any atom is 0.280 e. The minimum absolute atomic E-state index is 0.440. The second kappa shape index (κ2) is 3.79. The van der Waals surface area contributed by atoms with Gasteiger partial charge in [0.15, 0.2) is 0 Å². The summed E-state index contributed by atoms with van der Waals surface area (Å²) in [5.41, 5.74) is 1.09. The molecule has 0 aliphatic heterocycles. The predicted octanol–water partition coefficient (Wildman–Crippen LogP) is 2.02. The fraction of sp³-hybridized carbons (Fsp3) is 0. The van der Waals surface area contributed by atoms with E-state index in [0.29, 0.717) is 11.3 Å². The molecule has 12 heavy (non-hydrogen) atoms. The summed E-state index contributed by atoms with van der Waals surface area (Å²) in [7, 11) is 0.